The molecule has 2 unspecified atom stereocenters. The van der Waals surface area contributed by atoms with E-state index in [0.717, 1.165) is 13.0 Å². The third-order valence-corrected chi connectivity index (χ3v) is 4.16. The Hall–Kier alpha value is -0.120. The van der Waals surface area contributed by atoms with Crippen LogP contribution in [0.5, 0.6) is 0 Å². The smallest absolute Gasteiger partial charge is 0.0741 e. The second kappa shape index (κ2) is 4.81. The van der Waals surface area contributed by atoms with Crippen molar-refractivity contribution in [2.24, 2.45) is 5.73 Å². The first-order valence-electron chi connectivity index (χ1n) is 6.36. The number of hydrogen-bond acceptors (Lipinski definition) is 3. The van der Waals surface area contributed by atoms with Gasteiger partial charge < -0.3 is 15.8 Å². The van der Waals surface area contributed by atoms with E-state index in [-0.39, 0.29) is 11.6 Å². The van der Waals surface area contributed by atoms with Gasteiger partial charge in [0.2, 0.25) is 0 Å². The fraction of sp³-hybridized carbons (Fsp3) is 1.00. The highest BCUT2D eigenvalue weighted by atomic mass is 16.5. The first kappa shape index (κ1) is 11.4. The summed E-state index contributed by atoms with van der Waals surface area (Å²) in [6, 6.07) is 0.673. The van der Waals surface area contributed by atoms with E-state index < -0.39 is 0 Å². The highest BCUT2D eigenvalue weighted by Gasteiger charge is 2.41. The summed E-state index contributed by atoms with van der Waals surface area (Å²) < 4.78 is 5.66. The predicted molar refractivity (Wildman–Crippen MR) is 61.8 cm³/mol. The Morgan fingerprint density at radius 1 is 1.33 bits per heavy atom. The molecule has 2 aliphatic rings. The van der Waals surface area contributed by atoms with Crippen molar-refractivity contribution >= 4 is 0 Å². The molecule has 2 rings (SSSR count). The van der Waals surface area contributed by atoms with E-state index >= 15 is 0 Å². The van der Waals surface area contributed by atoms with Crippen LogP contribution in [0, 0.1) is 0 Å². The summed E-state index contributed by atoms with van der Waals surface area (Å²) in [7, 11) is 0. The van der Waals surface area contributed by atoms with Gasteiger partial charge in [-0.25, -0.2) is 0 Å². The molecular weight excluding hydrogens is 188 g/mol. The van der Waals surface area contributed by atoms with Crippen LogP contribution in [0.15, 0.2) is 0 Å². The van der Waals surface area contributed by atoms with Gasteiger partial charge in [-0.3, -0.25) is 0 Å². The zero-order chi connectivity index (χ0) is 10.7. The van der Waals surface area contributed by atoms with Gasteiger partial charge >= 0.3 is 0 Å². The Balaban J connectivity index is 1.94. The molecule has 1 saturated carbocycles. The molecule has 3 nitrogen and oxygen atoms in total. The van der Waals surface area contributed by atoms with Crippen LogP contribution >= 0.6 is 0 Å². The zero-order valence-electron chi connectivity index (χ0n) is 9.80. The van der Waals surface area contributed by atoms with Crippen LogP contribution in [0.4, 0.5) is 0 Å². The molecule has 1 aliphatic heterocycles. The van der Waals surface area contributed by atoms with Gasteiger partial charge in [0.1, 0.15) is 0 Å². The average Bonchev–Trinajstić information content (AvgIpc) is 2.62. The van der Waals surface area contributed by atoms with Crippen molar-refractivity contribution < 1.29 is 4.74 Å². The Morgan fingerprint density at radius 3 is 2.60 bits per heavy atom. The molecule has 0 aromatic rings. The minimum Gasteiger partial charge on any atom is -0.376 e. The molecule has 1 heterocycles. The molecule has 3 N–H and O–H groups in total. The minimum absolute atomic E-state index is 0.0575. The summed E-state index contributed by atoms with van der Waals surface area (Å²) in [6.45, 7) is 3.71. The van der Waals surface area contributed by atoms with Gasteiger partial charge in [0, 0.05) is 19.2 Å². The standard InChI is InChI=1S/C12H24N2O/c1-10-12(9-13,7-8-15-10)14-11-5-3-2-4-6-11/h10-11,14H,2-9,13H2,1H3. The molecule has 88 valence electrons. The maximum absolute atomic E-state index is 5.93. The van der Waals surface area contributed by atoms with E-state index in [9.17, 15) is 0 Å². The van der Waals surface area contributed by atoms with Gasteiger partial charge in [-0.05, 0) is 26.2 Å². The third-order valence-electron chi connectivity index (χ3n) is 4.16. The fourth-order valence-electron chi connectivity index (χ4n) is 2.95. The highest BCUT2D eigenvalue weighted by molar-refractivity contribution is 5.00. The molecule has 0 amide bonds. The lowest BCUT2D eigenvalue weighted by Gasteiger charge is -2.37. The van der Waals surface area contributed by atoms with Crippen molar-refractivity contribution in [3.05, 3.63) is 0 Å². The first-order valence-corrected chi connectivity index (χ1v) is 6.36. The first-order chi connectivity index (χ1) is 7.27. The second-order valence-electron chi connectivity index (χ2n) is 5.10. The normalized spacial score (nSPS) is 38.4. The summed E-state index contributed by atoms with van der Waals surface area (Å²) in [5.74, 6) is 0. The SMILES string of the molecule is CC1OCCC1(CN)NC1CCCCC1. The Labute approximate surface area is 92.7 Å². The molecule has 2 atom stereocenters. The maximum Gasteiger partial charge on any atom is 0.0741 e. The summed E-state index contributed by atoms with van der Waals surface area (Å²) in [4.78, 5) is 0. The van der Waals surface area contributed by atoms with E-state index in [0.29, 0.717) is 12.6 Å². The van der Waals surface area contributed by atoms with Crippen LogP contribution in [0.3, 0.4) is 0 Å². The van der Waals surface area contributed by atoms with Crippen LogP contribution in [-0.2, 0) is 4.74 Å². The van der Waals surface area contributed by atoms with Gasteiger partial charge in [0.05, 0.1) is 11.6 Å². The molecule has 2 fully saturated rings. The van der Waals surface area contributed by atoms with Crippen LogP contribution in [0.2, 0.25) is 0 Å². The minimum atomic E-state index is 0.0575. The van der Waals surface area contributed by atoms with Crippen LogP contribution in [0.25, 0.3) is 0 Å². The van der Waals surface area contributed by atoms with Crippen LogP contribution < -0.4 is 11.1 Å². The van der Waals surface area contributed by atoms with Crippen molar-refractivity contribution in [3.63, 3.8) is 0 Å². The molecule has 0 radical (unpaired) electrons. The summed E-state index contributed by atoms with van der Waals surface area (Å²) in [5.41, 5.74) is 5.99. The quantitative estimate of drug-likeness (QED) is 0.743. The number of nitrogens with one attached hydrogen (secondary N) is 1. The molecule has 0 aromatic heterocycles. The largest absolute Gasteiger partial charge is 0.376 e. The van der Waals surface area contributed by atoms with Crippen LogP contribution in [0.1, 0.15) is 45.4 Å². The van der Waals surface area contributed by atoms with Gasteiger partial charge in [-0.15, -0.1) is 0 Å². The molecule has 0 spiro atoms. The number of hydrogen-bond donors (Lipinski definition) is 2. The molecule has 1 saturated heterocycles. The molecule has 15 heavy (non-hydrogen) atoms. The van der Waals surface area contributed by atoms with Gasteiger partial charge in [-0.1, -0.05) is 19.3 Å². The Kier molecular flexibility index (Phi) is 3.65. The molecular formula is C12H24N2O. The van der Waals surface area contributed by atoms with Crippen molar-refractivity contribution in [1.29, 1.82) is 0 Å². The lowest BCUT2D eigenvalue weighted by Crippen LogP contribution is -2.59. The van der Waals surface area contributed by atoms with E-state index in [4.69, 9.17) is 10.5 Å². The van der Waals surface area contributed by atoms with Gasteiger partial charge in [-0.2, -0.15) is 0 Å². The fourth-order valence-corrected chi connectivity index (χ4v) is 2.95. The summed E-state index contributed by atoms with van der Waals surface area (Å²) in [5, 5.41) is 3.78. The average molecular weight is 212 g/mol. The van der Waals surface area contributed by atoms with E-state index in [2.05, 4.69) is 12.2 Å². The summed E-state index contributed by atoms with van der Waals surface area (Å²) in [6.07, 6.45) is 8.11. The topological polar surface area (TPSA) is 47.3 Å². The second-order valence-corrected chi connectivity index (χ2v) is 5.10. The van der Waals surface area contributed by atoms with Crippen molar-refractivity contribution in [1.82, 2.24) is 5.32 Å². The molecule has 0 aromatic carbocycles. The monoisotopic (exact) mass is 212 g/mol. The molecule has 1 aliphatic carbocycles. The number of nitrogens with two attached hydrogens (primary N) is 1. The maximum atomic E-state index is 5.93. The van der Waals surface area contributed by atoms with Crippen LogP contribution in [-0.4, -0.2) is 30.8 Å². The summed E-state index contributed by atoms with van der Waals surface area (Å²) >= 11 is 0. The van der Waals surface area contributed by atoms with E-state index in [1.807, 2.05) is 0 Å². The lowest BCUT2D eigenvalue weighted by atomic mass is 9.87. The highest BCUT2D eigenvalue weighted by Crippen LogP contribution is 2.28. The van der Waals surface area contributed by atoms with E-state index in [1.54, 1.807) is 0 Å². The third kappa shape index (κ3) is 2.35. The predicted octanol–water partition coefficient (Wildman–Crippen LogP) is 1.42. The van der Waals surface area contributed by atoms with Gasteiger partial charge in [0.15, 0.2) is 0 Å². The molecule has 3 heteroatoms. The van der Waals surface area contributed by atoms with Crippen molar-refractivity contribution in [2.45, 2.75) is 63.1 Å². The van der Waals surface area contributed by atoms with Gasteiger partial charge in [0.25, 0.3) is 0 Å². The van der Waals surface area contributed by atoms with Crippen molar-refractivity contribution in [3.8, 4) is 0 Å². The number of ether oxygens (including phenoxy) is 1. The molecule has 0 bridgehead atoms. The Bertz CT molecular complexity index is 204. The lowest BCUT2D eigenvalue weighted by molar-refractivity contribution is 0.0778. The van der Waals surface area contributed by atoms with Crippen molar-refractivity contribution in [2.75, 3.05) is 13.2 Å². The number of rotatable bonds is 3. The van der Waals surface area contributed by atoms with E-state index in [1.165, 1.54) is 32.1 Å². The Morgan fingerprint density at radius 2 is 2.07 bits per heavy atom. The zero-order valence-corrected chi connectivity index (χ0v) is 9.80.